The van der Waals surface area contributed by atoms with Gasteiger partial charge >= 0.3 is 0 Å². The van der Waals surface area contributed by atoms with Crippen molar-refractivity contribution in [1.29, 1.82) is 0 Å². The molecule has 1 aromatic heterocycles. The minimum absolute atomic E-state index is 0.164. The van der Waals surface area contributed by atoms with Crippen LogP contribution in [0.25, 0.3) is 0 Å². The highest BCUT2D eigenvalue weighted by Gasteiger charge is 2.21. The number of rotatable bonds is 4. The Morgan fingerprint density at radius 1 is 1.27 bits per heavy atom. The van der Waals surface area contributed by atoms with Crippen molar-refractivity contribution in [2.75, 3.05) is 6.61 Å². The first kappa shape index (κ1) is 15.8. The van der Waals surface area contributed by atoms with Crippen LogP contribution < -0.4 is 5.32 Å². The summed E-state index contributed by atoms with van der Waals surface area (Å²) < 4.78 is 39.3. The molecule has 3 N–H and O–H groups in total. The number of nitrogens with zero attached hydrogens (tertiary/aromatic N) is 1. The van der Waals surface area contributed by atoms with E-state index in [-0.39, 0.29) is 11.3 Å². The quantitative estimate of drug-likeness (QED) is 0.750. The average molecular weight is 312 g/mol. The topological polar surface area (TPSA) is 82.5 Å². The number of halogens is 3. The molecule has 22 heavy (non-hydrogen) atoms. The van der Waals surface area contributed by atoms with Gasteiger partial charge in [-0.25, -0.2) is 18.2 Å². The number of aromatic nitrogens is 1. The smallest absolute Gasteiger partial charge is 0.274 e. The molecule has 1 atom stereocenters. The van der Waals surface area contributed by atoms with Crippen LogP contribution in [0.3, 0.4) is 0 Å². The fraction of sp³-hybridized carbons (Fsp3) is 0.143. The van der Waals surface area contributed by atoms with Gasteiger partial charge in [-0.05, 0) is 29.8 Å². The number of nitrogens with one attached hydrogen (secondary N) is 1. The van der Waals surface area contributed by atoms with E-state index in [1.54, 1.807) is 0 Å². The molecule has 1 heterocycles. The predicted molar refractivity (Wildman–Crippen MR) is 69.5 cm³/mol. The largest absolute Gasteiger partial charge is 0.505 e. The van der Waals surface area contributed by atoms with Crippen LogP contribution in [-0.4, -0.2) is 27.7 Å². The SMILES string of the molecule is O=C(NC(CO)c1cc(F)c(F)c(F)c1)c1ncccc1O. The number of aromatic hydroxyl groups is 1. The summed E-state index contributed by atoms with van der Waals surface area (Å²) in [6, 6.07) is 2.77. The molecule has 0 saturated heterocycles. The number of aliphatic hydroxyl groups is 1. The van der Waals surface area contributed by atoms with Crippen LogP contribution in [0.15, 0.2) is 30.5 Å². The molecule has 0 bridgehead atoms. The van der Waals surface area contributed by atoms with Gasteiger partial charge in [-0.1, -0.05) is 0 Å². The Morgan fingerprint density at radius 3 is 2.45 bits per heavy atom. The molecule has 0 aliphatic heterocycles. The molecule has 0 radical (unpaired) electrons. The van der Waals surface area contributed by atoms with Gasteiger partial charge in [0.25, 0.3) is 5.91 Å². The molecule has 1 unspecified atom stereocenters. The highest BCUT2D eigenvalue weighted by molar-refractivity contribution is 5.95. The molecule has 0 aliphatic rings. The Bertz CT molecular complexity index is 686. The van der Waals surface area contributed by atoms with Crippen LogP contribution in [0.2, 0.25) is 0 Å². The summed E-state index contributed by atoms with van der Waals surface area (Å²) >= 11 is 0. The van der Waals surface area contributed by atoms with E-state index in [9.17, 15) is 28.2 Å². The number of hydrogen-bond acceptors (Lipinski definition) is 4. The van der Waals surface area contributed by atoms with Crippen LogP contribution in [0, 0.1) is 17.5 Å². The van der Waals surface area contributed by atoms with E-state index in [1.807, 2.05) is 0 Å². The van der Waals surface area contributed by atoms with Crippen LogP contribution >= 0.6 is 0 Å². The lowest BCUT2D eigenvalue weighted by Crippen LogP contribution is -2.31. The average Bonchev–Trinajstić information content (AvgIpc) is 2.50. The minimum atomic E-state index is -1.64. The Kier molecular flexibility index (Phi) is 4.62. The Morgan fingerprint density at radius 2 is 1.91 bits per heavy atom. The molecule has 0 saturated carbocycles. The van der Waals surface area contributed by atoms with Gasteiger partial charge in [0.05, 0.1) is 12.6 Å². The summed E-state index contributed by atoms with van der Waals surface area (Å²) in [5.74, 6) is -5.78. The van der Waals surface area contributed by atoms with Crippen molar-refractivity contribution in [2.45, 2.75) is 6.04 Å². The van der Waals surface area contributed by atoms with E-state index in [0.717, 1.165) is 0 Å². The van der Waals surface area contributed by atoms with Gasteiger partial charge in [0.2, 0.25) is 0 Å². The molecular weight excluding hydrogens is 301 g/mol. The molecule has 1 aromatic carbocycles. The maximum absolute atomic E-state index is 13.2. The van der Waals surface area contributed by atoms with Crippen molar-refractivity contribution in [3.05, 3.63) is 59.2 Å². The zero-order valence-corrected chi connectivity index (χ0v) is 11.1. The molecule has 0 spiro atoms. The number of hydrogen-bond donors (Lipinski definition) is 3. The molecule has 8 heteroatoms. The lowest BCUT2D eigenvalue weighted by Gasteiger charge is -2.17. The molecule has 116 valence electrons. The summed E-state index contributed by atoms with van der Waals surface area (Å²) in [7, 11) is 0. The second kappa shape index (κ2) is 6.44. The maximum atomic E-state index is 13.2. The standard InChI is InChI=1S/C14H11F3N2O3/c15-8-4-7(5-9(16)12(8)17)10(6-20)19-14(22)13-11(21)2-1-3-18-13/h1-5,10,20-21H,6H2,(H,19,22). The highest BCUT2D eigenvalue weighted by Crippen LogP contribution is 2.20. The Balaban J connectivity index is 2.26. The van der Waals surface area contributed by atoms with Crippen molar-refractivity contribution in [2.24, 2.45) is 0 Å². The predicted octanol–water partition coefficient (Wildman–Crippen LogP) is 1.67. The van der Waals surface area contributed by atoms with Crippen LogP contribution in [-0.2, 0) is 0 Å². The fourth-order valence-electron chi connectivity index (χ4n) is 1.81. The van der Waals surface area contributed by atoms with Crippen molar-refractivity contribution >= 4 is 5.91 Å². The summed E-state index contributed by atoms with van der Waals surface area (Å²) in [6.45, 7) is -0.691. The van der Waals surface area contributed by atoms with Crippen LogP contribution in [0.4, 0.5) is 13.2 Å². The summed E-state index contributed by atoms with van der Waals surface area (Å²) in [6.07, 6.45) is 1.26. The number of carbonyl (C=O) groups is 1. The Hall–Kier alpha value is -2.61. The van der Waals surface area contributed by atoms with Crippen molar-refractivity contribution < 1.29 is 28.2 Å². The van der Waals surface area contributed by atoms with Gasteiger partial charge in [-0.15, -0.1) is 0 Å². The monoisotopic (exact) mass is 312 g/mol. The van der Waals surface area contributed by atoms with Crippen molar-refractivity contribution in [1.82, 2.24) is 10.3 Å². The van der Waals surface area contributed by atoms with Crippen molar-refractivity contribution in [3.63, 3.8) is 0 Å². The normalized spacial score (nSPS) is 12.0. The first-order valence-electron chi connectivity index (χ1n) is 6.14. The molecule has 2 rings (SSSR count). The molecule has 1 amide bonds. The zero-order valence-electron chi connectivity index (χ0n) is 11.1. The third-order valence-electron chi connectivity index (χ3n) is 2.90. The number of aliphatic hydroxyl groups excluding tert-OH is 1. The third-order valence-corrected chi connectivity index (χ3v) is 2.90. The first-order chi connectivity index (χ1) is 10.4. The molecule has 5 nitrogen and oxygen atoms in total. The molecular formula is C14H11F3N2O3. The molecule has 0 fully saturated rings. The lowest BCUT2D eigenvalue weighted by atomic mass is 10.1. The van der Waals surface area contributed by atoms with E-state index in [1.165, 1.54) is 18.3 Å². The zero-order chi connectivity index (χ0) is 16.3. The molecule has 2 aromatic rings. The summed E-state index contributed by atoms with van der Waals surface area (Å²) in [5, 5.41) is 21.0. The van der Waals surface area contributed by atoms with E-state index in [0.29, 0.717) is 12.1 Å². The second-order valence-electron chi connectivity index (χ2n) is 4.38. The van der Waals surface area contributed by atoms with Crippen LogP contribution in [0.5, 0.6) is 5.75 Å². The number of amides is 1. The molecule has 0 aliphatic carbocycles. The van der Waals surface area contributed by atoms with Gasteiger partial charge in [-0.2, -0.15) is 0 Å². The summed E-state index contributed by atoms with van der Waals surface area (Å²) in [5.41, 5.74) is -0.480. The van der Waals surface area contributed by atoms with Gasteiger partial charge in [0, 0.05) is 6.20 Å². The Labute approximate surface area is 123 Å². The van der Waals surface area contributed by atoms with E-state index < -0.39 is 41.8 Å². The number of pyridine rings is 1. The second-order valence-corrected chi connectivity index (χ2v) is 4.38. The first-order valence-corrected chi connectivity index (χ1v) is 6.14. The maximum Gasteiger partial charge on any atom is 0.274 e. The van der Waals surface area contributed by atoms with Gasteiger partial charge < -0.3 is 15.5 Å². The lowest BCUT2D eigenvalue weighted by molar-refractivity contribution is 0.0907. The van der Waals surface area contributed by atoms with Gasteiger partial charge in [0.15, 0.2) is 23.1 Å². The van der Waals surface area contributed by atoms with Crippen LogP contribution in [0.1, 0.15) is 22.1 Å². The third kappa shape index (κ3) is 3.17. The minimum Gasteiger partial charge on any atom is -0.505 e. The summed E-state index contributed by atoms with van der Waals surface area (Å²) in [4.78, 5) is 15.6. The van der Waals surface area contributed by atoms with E-state index in [4.69, 9.17) is 0 Å². The fourth-order valence-corrected chi connectivity index (χ4v) is 1.81. The van der Waals surface area contributed by atoms with Gasteiger partial charge in [0.1, 0.15) is 5.75 Å². The van der Waals surface area contributed by atoms with Crippen molar-refractivity contribution in [3.8, 4) is 5.75 Å². The number of carbonyl (C=O) groups excluding carboxylic acids is 1. The van der Waals surface area contributed by atoms with Gasteiger partial charge in [-0.3, -0.25) is 4.79 Å². The van der Waals surface area contributed by atoms with E-state index in [2.05, 4.69) is 10.3 Å². The number of benzene rings is 1. The van der Waals surface area contributed by atoms with E-state index >= 15 is 0 Å². The highest BCUT2D eigenvalue weighted by atomic mass is 19.2.